The zero-order valence-corrected chi connectivity index (χ0v) is 21.7. The van der Waals surface area contributed by atoms with Crippen LogP contribution in [0.2, 0.25) is 0 Å². The number of benzene rings is 1. The molecule has 1 amide bonds. The summed E-state index contributed by atoms with van der Waals surface area (Å²) in [4.78, 5) is 23.6. The van der Waals surface area contributed by atoms with Crippen molar-refractivity contribution in [3.63, 3.8) is 0 Å². The van der Waals surface area contributed by atoms with Gasteiger partial charge in [0.15, 0.2) is 0 Å². The van der Waals surface area contributed by atoms with Crippen LogP contribution in [0.1, 0.15) is 115 Å². The minimum absolute atomic E-state index is 0.141. The van der Waals surface area contributed by atoms with Crippen LogP contribution in [-0.4, -0.2) is 28.8 Å². The van der Waals surface area contributed by atoms with E-state index in [-0.39, 0.29) is 5.91 Å². The lowest BCUT2D eigenvalue weighted by molar-refractivity contribution is -0.141. The summed E-state index contributed by atoms with van der Waals surface area (Å²) in [5.74, 6) is 0.0340. The first kappa shape index (κ1) is 29.5. The Hall–Kier alpha value is -1.49. The average molecular weight is 478 g/mol. The molecule has 5 heteroatoms. The Kier molecular flexibility index (Phi) is 18.9. The van der Waals surface area contributed by atoms with Gasteiger partial charge in [-0.15, -0.1) is 0 Å². The summed E-state index contributed by atoms with van der Waals surface area (Å²) < 4.78 is 0. The zero-order valence-electron chi connectivity index (χ0n) is 20.9. The highest BCUT2D eigenvalue weighted by molar-refractivity contribution is 7.98. The van der Waals surface area contributed by atoms with Crippen LogP contribution < -0.4 is 5.32 Å². The third-order valence-corrected chi connectivity index (χ3v) is 7.14. The summed E-state index contributed by atoms with van der Waals surface area (Å²) in [7, 11) is 0. The molecule has 0 aromatic heterocycles. The van der Waals surface area contributed by atoms with Crippen molar-refractivity contribution in [2.24, 2.45) is 0 Å². The SMILES string of the molecule is CCCCCCCCCCCCCCCCCC(=O)N[C@H](CSCc1ccccc1)C(=O)O. The van der Waals surface area contributed by atoms with Crippen molar-refractivity contribution in [1.82, 2.24) is 5.32 Å². The first-order valence-corrected chi connectivity index (χ1v) is 14.4. The Labute approximate surface area is 206 Å². The number of nitrogens with one attached hydrogen (secondary N) is 1. The van der Waals surface area contributed by atoms with Gasteiger partial charge in [0.05, 0.1) is 0 Å². The quantitative estimate of drug-likeness (QED) is 0.168. The molecule has 188 valence electrons. The smallest absolute Gasteiger partial charge is 0.327 e. The Balaban J connectivity index is 1.94. The predicted molar refractivity (Wildman–Crippen MR) is 142 cm³/mol. The van der Waals surface area contributed by atoms with Crippen molar-refractivity contribution in [1.29, 1.82) is 0 Å². The van der Waals surface area contributed by atoms with Crippen molar-refractivity contribution in [3.8, 4) is 0 Å². The standard InChI is InChI=1S/C28H47NO3S/c1-2-3-4-5-6-7-8-9-10-11-12-13-14-15-19-22-27(30)29-26(28(31)32)24-33-23-25-20-17-16-18-21-25/h16-18,20-21,26H,2-15,19,22-24H2,1H3,(H,29,30)(H,31,32)/t26-/m1/s1. The van der Waals surface area contributed by atoms with Crippen molar-refractivity contribution < 1.29 is 14.7 Å². The minimum atomic E-state index is -0.958. The van der Waals surface area contributed by atoms with Crippen LogP contribution in [0.15, 0.2) is 30.3 Å². The Morgan fingerprint density at radius 3 is 1.76 bits per heavy atom. The van der Waals surface area contributed by atoms with Crippen LogP contribution >= 0.6 is 11.8 Å². The van der Waals surface area contributed by atoms with E-state index in [0.717, 1.165) is 24.2 Å². The van der Waals surface area contributed by atoms with Crippen LogP contribution in [0.25, 0.3) is 0 Å². The number of aliphatic carboxylic acids is 1. The van der Waals surface area contributed by atoms with Gasteiger partial charge in [0.2, 0.25) is 5.91 Å². The van der Waals surface area contributed by atoms with Gasteiger partial charge in [0, 0.05) is 17.9 Å². The molecule has 0 fully saturated rings. The zero-order chi connectivity index (χ0) is 24.0. The topological polar surface area (TPSA) is 66.4 Å². The van der Waals surface area contributed by atoms with Crippen LogP contribution in [0.3, 0.4) is 0 Å². The van der Waals surface area contributed by atoms with E-state index >= 15 is 0 Å². The molecule has 0 heterocycles. The summed E-state index contributed by atoms with van der Waals surface area (Å²) in [5, 5.41) is 12.1. The summed E-state index contributed by atoms with van der Waals surface area (Å²) in [5.41, 5.74) is 1.16. The molecule has 0 bridgehead atoms. The summed E-state index contributed by atoms with van der Waals surface area (Å²) in [6, 6.07) is 9.15. The van der Waals surface area contributed by atoms with Gasteiger partial charge in [-0.25, -0.2) is 4.79 Å². The van der Waals surface area contributed by atoms with Gasteiger partial charge >= 0.3 is 5.97 Å². The molecule has 1 atom stereocenters. The number of hydrogen-bond donors (Lipinski definition) is 2. The maximum atomic E-state index is 12.1. The maximum Gasteiger partial charge on any atom is 0.327 e. The van der Waals surface area contributed by atoms with Crippen LogP contribution in [0.4, 0.5) is 0 Å². The summed E-state index contributed by atoms with van der Waals surface area (Å²) >= 11 is 1.54. The lowest BCUT2D eigenvalue weighted by Crippen LogP contribution is -2.42. The Morgan fingerprint density at radius 1 is 0.788 bits per heavy atom. The van der Waals surface area contributed by atoms with E-state index in [0.29, 0.717) is 12.2 Å². The van der Waals surface area contributed by atoms with Gasteiger partial charge in [-0.3, -0.25) is 4.79 Å². The number of carbonyl (C=O) groups is 2. The molecular formula is C28H47NO3S. The van der Waals surface area contributed by atoms with E-state index in [9.17, 15) is 14.7 Å². The first-order chi connectivity index (χ1) is 16.1. The first-order valence-electron chi connectivity index (χ1n) is 13.3. The van der Waals surface area contributed by atoms with Gasteiger partial charge in [-0.05, 0) is 12.0 Å². The van der Waals surface area contributed by atoms with Crippen LogP contribution in [-0.2, 0) is 15.3 Å². The molecular weight excluding hydrogens is 430 g/mol. The molecule has 0 saturated heterocycles. The van der Waals surface area contributed by atoms with Gasteiger partial charge < -0.3 is 10.4 Å². The molecule has 0 unspecified atom stereocenters. The molecule has 33 heavy (non-hydrogen) atoms. The molecule has 0 saturated carbocycles. The third kappa shape index (κ3) is 17.6. The largest absolute Gasteiger partial charge is 0.480 e. The number of carboxylic acid groups (broad SMARTS) is 1. The van der Waals surface area contributed by atoms with E-state index in [1.807, 2.05) is 30.3 Å². The Morgan fingerprint density at radius 2 is 1.27 bits per heavy atom. The number of amides is 1. The van der Waals surface area contributed by atoms with E-state index in [2.05, 4.69) is 12.2 Å². The molecule has 2 N–H and O–H groups in total. The molecule has 0 aliphatic rings. The van der Waals surface area contributed by atoms with Crippen molar-refractivity contribution in [3.05, 3.63) is 35.9 Å². The third-order valence-electron chi connectivity index (χ3n) is 6.04. The predicted octanol–water partition coefficient (Wildman–Crippen LogP) is 7.75. The number of carboxylic acids is 1. The molecule has 0 aliphatic heterocycles. The lowest BCUT2D eigenvalue weighted by atomic mass is 10.0. The molecule has 4 nitrogen and oxygen atoms in total. The van der Waals surface area contributed by atoms with E-state index in [1.54, 1.807) is 0 Å². The molecule has 1 aromatic carbocycles. The number of carbonyl (C=O) groups excluding carboxylic acids is 1. The summed E-state index contributed by atoms with van der Waals surface area (Å²) in [6.07, 6.45) is 19.8. The molecule has 0 aliphatic carbocycles. The number of hydrogen-bond acceptors (Lipinski definition) is 3. The molecule has 0 radical (unpaired) electrons. The maximum absolute atomic E-state index is 12.1. The highest BCUT2D eigenvalue weighted by Gasteiger charge is 2.19. The fourth-order valence-corrected chi connectivity index (χ4v) is 4.97. The normalized spacial score (nSPS) is 11.9. The monoisotopic (exact) mass is 477 g/mol. The van der Waals surface area contributed by atoms with E-state index in [4.69, 9.17) is 0 Å². The Bertz CT molecular complexity index is 608. The number of rotatable bonds is 22. The van der Waals surface area contributed by atoms with Gasteiger partial charge in [0.1, 0.15) is 6.04 Å². The molecule has 1 aromatic rings. The number of thioether (sulfide) groups is 1. The van der Waals surface area contributed by atoms with E-state index in [1.165, 1.54) is 95.2 Å². The van der Waals surface area contributed by atoms with Crippen molar-refractivity contribution in [2.45, 2.75) is 121 Å². The number of unbranched alkanes of at least 4 members (excludes halogenated alkanes) is 14. The second-order valence-electron chi connectivity index (χ2n) is 9.16. The lowest BCUT2D eigenvalue weighted by Gasteiger charge is -2.14. The minimum Gasteiger partial charge on any atom is -0.480 e. The highest BCUT2D eigenvalue weighted by atomic mass is 32.2. The van der Waals surface area contributed by atoms with Gasteiger partial charge in [0.25, 0.3) is 0 Å². The van der Waals surface area contributed by atoms with Crippen LogP contribution in [0, 0.1) is 0 Å². The fourth-order valence-electron chi connectivity index (χ4n) is 3.97. The average Bonchev–Trinajstić information content (AvgIpc) is 2.81. The van der Waals surface area contributed by atoms with Gasteiger partial charge in [-0.2, -0.15) is 11.8 Å². The molecule has 0 spiro atoms. The van der Waals surface area contributed by atoms with Crippen molar-refractivity contribution >= 4 is 23.6 Å². The second-order valence-corrected chi connectivity index (χ2v) is 10.2. The molecule has 1 rings (SSSR count). The van der Waals surface area contributed by atoms with Crippen LogP contribution in [0.5, 0.6) is 0 Å². The summed E-state index contributed by atoms with van der Waals surface area (Å²) in [6.45, 7) is 2.27. The van der Waals surface area contributed by atoms with Gasteiger partial charge in [-0.1, -0.05) is 127 Å². The van der Waals surface area contributed by atoms with E-state index < -0.39 is 12.0 Å². The highest BCUT2D eigenvalue weighted by Crippen LogP contribution is 2.15. The second kappa shape index (κ2) is 21.1. The fraction of sp³-hybridized carbons (Fsp3) is 0.714. The van der Waals surface area contributed by atoms with Crippen molar-refractivity contribution in [2.75, 3.05) is 5.75 Å².